The minimum atomic E-state index is -0.832. The Morgan fingerprint density at radius 3 is 2.13 bits per heavy atom. The van der Waals surface area contributed by atoms with Gasteiger partial charge in [-0.25, -0.2) is 9.36 Å². The van der Waals surface area contributed by atoms with Crippen molar-refractivity contribution in [1.29, 1.82) is 0 Å². The number of aromatic nitrogens is 2. The summed E-state index contributed by atoms with van der Waals surface area (Å²) in [5.74, 6) is -2.04. The summed E-state index contributed by atoms with van der Waals surface area (Å²) < 4.78 is 3.86. The molecular weight excluding hydrogens is 720 g/mol. The summed E-state index contributed by atoms with van der Waals surface area (Å²) in [7, 11) is 1.69. The summed E-state index contributed by atoms with van der Waals surface area (Å²) in [4.78, 5) is 63.8. The van der Waals surface area contributed by atoms with Crippen LogP contribution in [0.5, 0.6) is 0 Å². The van der Waals surface area contributed by atoms with Gasteiger partial charge in [0.05, 0.1) is 17.3 Å². The van der Waals surface area contributed by atoms with E-state index < -0.39 is 29.8 Å². The summed E-state index contributed by atoms with van der Waals surface area (Å²) in [5.41, 5.74) is 9.29. The number of nitrogens with two attached hydrogens (primary N) is 1. The highest BCUT2D eigenvalue weighted by molar-refractivity contribution is 6.48. The molecule has 55 heavy (non-hydrogen) atoms. The van der Waals surface area contributed by atoms with Gasteiger partial charge in [0.25, 0.3) is 11.7 Å². The van der Waals surface area contributed by atoms with Crippen LogP contribution in [0.25, 0.3) is 10.9 Å². The fraction of sp³-hybridized carbons (Fsp3) is 0.268. The van der Waals surface area contributed by atoms with Gasteiger partial charge in [-0.3, -0.25) is 19.2 Å². The molecule has 0 unspecified atom stereocenters. The highest BCUT2D eigenvalue weighted by atomic mass is 35.5. The lowest BCUT2D eigenvalue weighted by molar-refractivity contribution is -0.688. The first-order valence-electron chi connectivity index (χ1n) is 18.0. The third-order valence-electron chi connectivity index (χ3n) is 9.10. The molecule has 286 valence electrons. The molecule has 5 aromatic rings. The number of carbonyl (C=O) groups excluding carboxylic acids is 5. The Balaban J connectivity index is 1.18. The van der Waals surface area contributed by atoms with Gasteiger partial charge >= 0.3 is 6.03 Å². The Hall–Kier alpha value is -6.05. The highest BCUT2D eigenvalue weighted by Gasteiger charge is 2.27. The number of para-hydroxylation sites is 1. The minimum absolute atomic E-state index is 0.00666. The van der Waals surface area contributed by atoms with Crippen molar-refractivity contribution in [1.82, 2.24) is 20.5 Å². The number of Topliss-reactive ketones (excluding diaryl/α,β-unsaturated/α-hetero) is 1. The molecule has 0 radical (unpaired) electrons. The number of hydrogen-bond donors (Lipinski definition) is 6. The van der Waals surface area contributed by atoms with E-state index in [0.717, 1.165) is 16.6 Å². The molecule has 0 aliphatic heterocycles. The van der Waals surface area contributed by atoms with Gasteiger partial charge in [-0.05, 0) is 61.7 Å². The van der Waals surface area contributed by atoms with Crippen LogP contribution >= 0.6 is 11.6 Å². The Morgan fingerprint density at radius 2 is 1.47 bits per heavy atom. The maximum absolute atomic E-state index is 13.4. The molecule has 5 rings (SSSR count). The first-order valence-corrected chi connectivity index (χ1v) is 18.4. The fourth-order valence-electron chi connectivity index (χ4n) is 6.25. The molecule has 7 N–H and O–H groups in total. The number of hydrogen-bond acceptors (Lipinski definition) is 6. The lowest BCUT2D eigenvalue weighted by atomic mass is 10.0. The second kappa shape index (κ2) is 18.8. The first-order chi connectivity index (χ1) is 26.4. The molecule has 5 amide bonds. The maximum atomic E-state index is 13.4. The van der Waals surface area contributed by atoms with Crippen molar-refractivity contribution in [3.8, 4) is 0 Å². The second-order valence-corrected chi connectivity index (χ2v) is 14.0. The number of fused-ring (bicyclic) bond motifs is 1. The Morgan fingerprint density at radius 1 is 0.818 bits per heavy atom. The Labute approximate surface area is 324 Å². The number of urea groups is 1. The van der Waals surface area contributed by atoms with Crippen LogP contribution in [0.1, 0.15) is 48.2 Å². The predicted molar refractivity (Wildman–Crippen MR) is 213 cm³/mol. The van der Waals surface area contributed by atoms with E-state index in [1.807, 2.05) is 83.6 Å². The van der Waals surface area contributed by atoms with Crippen molar-refractivity contribution < 1.29 is 28.5 Å². The lowest BCUT2D eigenvalue weighted by Crippen LogP contribution is -2.52. The van der Waals surface area contributed by atoms with Crippen LogP contribution in [0.2, 0.25) is 5.02 Å². The van der Waals surface area contributed by atoms with Crippen LogP contribution in [0, 0.1) is 5.92 Å². The van der Waals surface area contributed by atoms with Crippen LogP contribution in [0.4, 0.5) is 16.2 Å². The number of likely N-dealkylation sites (N-methyl/N-ethyl adjacent to an activating group) is 1. The zero-order valence-electron chi connectivity index (χ0n) is 31.0. The van der Waals surface area contributed by atoms with E-state index in [9.17, 15) is 24.0 Å². The van der Waals surface area contributed by atoms with Gasteiger partial charge in [-0.1, -0.05) is 67.9 Å². The second-order valence-electron chi connectivity index (χ2n) is 13.5. The molecule has 0 saturated carbocycles. The van der Waals surface area contributed by atoms with Gasteiger partial charge in [0, 0.05) is 58.6 Å². The van der Waals surface area contributed by atoms with Crippen molar-refractivity contribution in [2.24, 2.45) is 11.7 Å². The summed E-state index contributed by atoms with van der Waals surface area (Å²) in [6.45, 7) is 5.10. The number of pyridine rings is 1. The van der Waals surface area contributed by atoms with Crippen LogP contribution in [0.3, 0.4) is 0 Å². The maximum Gasteiger partial charge on any atom is 0.312 e. The number of carbonyl (C=O) groups is 5. The van der Waals surface area contributed by atoms with Crippen LogP contribution in [0.15, 0.2) is 104 Å². The van der Waals surface area contributed by atoms with E-state index in [0.29, 0.717) is 53.3 Å². The SMILES string of the molecule is CN[C@H](C(=O)N[C@@H](CCCNC(N)=O)C(=O)Nc1ccc(C[n+]2ccc(NC(=O)C(=O)c3cn(Cc4ccc(Cl)cc4)c4ccccc34)cc2)cc1)C(C)C. The van der Waals surface area contributed by atoms with E-state index in [1.54, 1.807) is 49.9 Å². The Bertz CT molecular complexity index is 2130. The van der Waals surface area contributed by atoms with Crippen molar-refractivity contribution in [2.45, 2.75) is 51.9 Å². The van der Waals surface area contributed by atoms with Gasteiger partial charge < -0.3 is 36.9 Å². The van der Waals surface area contributed by atoms with Gasteiger partial charge in [-0.15, -0.1) is 0 Å². The third kappa shape index (κ3) is 11.0. The number of benzene rings is 3. The molecule has 0 aliphatic rings. The van der Waals surface area contributed by atoms with Gasteiger partial charge in [0.1, 0.15) is 6.04 Å². The number of halogens is 1. The molecule has 2 heterocycles. The highest BCUT2D eigenvalue weighted by Crippen LogP contribution is 2.24. The van der Waals surface area contributed by atoms with Crippen LogP contribution in [-0.4, -0.2) is 59.8 Å². The minimum Gasteiger partial charge on any atom is -0.352 e. The molecule has 0 saturated heterocycles. The fourth-order valence-corrected chi connectivity index (χ4v) is 6.38. The average Bonchev–Trinajstić information content (AvgIpc) is 3.53. The van der Waals surface area contributed by atoms with Crippen molar-refractivity contribution in [3.63, 3.8) is 0 Å². The molecule has 0 spiro atoms. The lowest BCUT2D eigenvalue weighted by Gasteiger charge is -2.24. The summed E-state index contributed by atoms with van der Waals surface area (Å²) >= 11 is 6.05. The smallest absolute Gasteiger partial charge is 0.312 e. The predicted octanol–water partition coefficient (Wildman–Crippen LogP) is 4.62. The molecule has 14 heteroatoms. The number of nitrogens with one attached hydrogen (secondary N) is 5. The van der Waals surface area contributed by atoms with E-state index in [2.05, 4.69) is 26.6 Å². The largest absolute Gasteiger partial charge is 0.352 e. The van der Waals surface area contributed by atoms with Gasteiger partial charge in [-0.2, -0.15) is 0 Å². The summed E-state index contributed by atoms with van der Waals surface area (Å²) in [6, 6.07) is 23.7. The molecule has 2 atom stereocenters. The van der Waals surface area contributed by atoms with Crippen molar-refractivity contribution in [2.75, 3.05) is 24.2 Å². The van der Waals surface area contributed by atoms with Gasteiger partial charge in [0.15, 0.2) is 18.9 Å². The summed E-state index contributed by atoms with van der Waals surface area (Å²) in [5, 5.41) is 15.3. The number of rotatable bonds is 17. The third-order valence-corrected chi connectivity index (χ3v) is 9.36. The van der Waals surface area contributed by atoms with Crippen LogP contribution < -0.4 is 36.9 Å². The first kappa shape index (κ1) is 40.1. The zero-order valence-corrected chi connectivity index (χ0v) is 31.7. The van der Waals surface area contributed by atoms with E-state index in [-0.39, 0.29) is 24.3 Å². The standard InChI is InChI=1S/C41H45ClN8O5/c1-26(2)36(44-3)39(53)48-34(8-6-20-45-41(43)55)38(52)46-30-16-12-27(13-17-30)23-49-21-18-31(19-22-49)47-40(54)37(51)33-25-50(35-9-5-4-7-32(33)35)24-28-10-14-29(42)15-11-28/h4-5,7,9-19,21-22,25-26,34,36,44H,6,8,20,23-24H2,1-3H3,(H5,43,45,46,48,52,53,55)/p+1/t34-,36-/m0/s1. The number of nitrogens with zero attached hydrogens (tertiary/aromatic N) is 2. The number of anilines is 2. The van der Waals surface area contributed by atoms with Crippen molar-refractivity contribution >= 4 is 63.4 Å². The molecule has 0 fully saturated rings. The van der Waals surface area contributed by atoms with E-state index in [1.165, 1.54) is 0 Å². The summed E-state index contributed by atoms with van der Waals surface area (Å²) in [6.07, 6.45) is 6.03. The van der Waals surface area contributed by atoms with E-state index in [4.69, 9.17) is 17.3 Å². The van der Waals surface area contributed by atoms with Crippen LogP contribution in [-0.2, 0) is 27.5 Å². The Kier molecular flexibility index (Phi) is 13.7. The number of amides is 5. The monoisotopic (exact) mass is 765 g/mol. The number of ketones is 1. The number of primary amides is 1. The normalized spacial score (nSPS) is 12.2. The quantitative estimate of drug-likeness (QED) is 0.0348. The molecule has 13 nitrogen and oxygen atoms in total. The van der Waals surface area contributed by atoms with Crippen molar-refractivity contribution in [3.05, 3.63) is 125 Å². The molecule has 0 aliphatic carbocycles. The van der Waals surface area contributed by atoms with E-state index >= 15 is 0 Å². The topological polar surface area (TPSA) is 180 Å². The zero-order chi connectivity index (χ0) is 39.5. The molecular formula is C41H46ClN8O5+. The average molecular weight is 766 g/mol. The molecule has 0 bridgehead atoms. The van der Waals surface area contributed by atoms with Gasteiger partial charge in [0.2, 0.25) is 11.8 Å². The molecule has 3 aromatic carbocycles. The molecule has 2 aromatic heterocycles.